The molecule has 1 heterocycles. The summed E-state index contributed by atoms with van der Waals surface area (Å²) in [6.45, 7) is 5.73. The second-order valence-electron chi connectivity index (χ2n) is 4.28. The molecule has 0 spiro atoms. The molecule has 0 fully saturated rings. The fraction of sp³-hybridized carbons (Fsp3) is 0.455. The summed E-state index contributed by atoms with van der Waals surface area (Å²) < 4.78 is 1.78. The molecule has 0 saturated carbocycles. The van der Waals surface area contributed by atoms with Crippen LogP contribution < -0.4 is 9.67 Å². The van der Waals surface area contributed by atoms with Gasteiger partial charge in [0, 0.05) is 12.1 Å². The number of aryl methyl sites for hydroxylation is 1. The van der Waals surface area contributed by atoms with E-state index in [9.17, 15) is 5.11 Å². The van der Waals surface area contributed by atoms with Gasteiger partial charge in [0.05, 0.1) is 11.4 Å². The van der Waals surface area contributed by atoms with Gasteiger partial charge in [-0.1, -0.05) is 0 Å². The molecule has 0 atom stereocenters. The van der Waals surface area contributed by atoms with Crippen molar-refractivity contribution in [2.75, 3.05) is 0 Å². The lowest BCUT2D eigenvalue weighted by molar-refractivity contribution is -0.675. The van der Waals surface area contributed by atoms with E-state index in [0.29, 0.717) is 5.69 Å². The van der Waals surface area contributed by atoms with Gasteiger partial charge < -0.3 is 5.11 Å². The Kier molecular flexibility index (Phi) is 2.89. The lowest BCUT2D eigenvalue weighted by atomic mass is 10.1. The van der Waals surface area contributed by atoms with E-state index in [1.54, 1.807) is 10.6 Å². The van der Waals surface area contributed by atoms with Crippen molar-refractivity contribution in [3.8, 4) is 0 Å². The normalized spacial score (nSPS) is 13.0. The highest BCUT2D eigenvalue weighted by Crippen LogP contribution is 2.06. The van der Waals surface area contributed by atoms with E-state index in [4.69, 9.17) is 0 Å². The van der Waals surface area contributed by atoms with Crippen LogP contribution in [0.15, 0.2) is 29.4 Å². The van der Waals surface area contributed by atoms with Crippen LogP contribution in [-0.4, -0.2) is 11.4 Å². The van der Waals surface area contributed by atoms with Gasteiger partial charge in [-0.05, 0) is 26.8 Å². The number of rotatable bonds is 1. The van der Waals surface area contributed by atoms with Crippen LogP contribution in [0, 0.1) is 0 Å². The van der Waals surface area contributed by atoms with Crippen LogP contribution in [-0.2, 0) is 7.05 Å². The maximum atomic E-state index is 11.7. The van der Waals surface area contributed by atoms with Gasteiger partial charge in [-0.3, -0.25) is 4.99 Å². The highest BCUT2D eigenvalue weighted by Gasteiger charge is 2.10. The Hall–Kier alpha value is -1.38. The second-order valence-corrected chi connectivity index (χ2v) is 4.28. The first kappa shape index (κ1) is 10.7. The van der Waals surface area contributed by atoms with Gasteiger partial charge in [0.25, 0.3) is 0 Å². The summed E-state index contributed by atoms with van der Waals surface area (Å²) in [6.07, 6.45) is 1.84. The van der Waals surface area contributed by atoms with E-state index in [2.05, 4.69) is 4.99 Å². The number of hydrogen-bond acceptors (Lipinski definition) is 2. The Morgan fingerprint density at radius 1 is 1.36 bits per heavy atom. The fourth-order valence-corrected chi connectivity index (χ4v) is 1.11. The summed E-state index contributed by atoms with van der Waals surface area (Å²) in [5.41, 5.74) is 0.294. The van der Waals surface area contributed by atoms with Gasteiger partial charge in [-0.15, -0.1) is 0 Å². The first-order chi connectivity index (χ1) is 6.40. The van der Waals surface area contributed by atoms with Crippen molar-refractivity contribution in [1.29, 1.82) is 0 Å². The quantitative estimate of drug-likeness (QED) is 0.361. The third-order valence-electron chi connectivity index (χ3n) is 1.71. The van der Waals surface area contributed by atoms with Gasteiger partial charge in [0.1, 0.15) is 7.05 Å². The maximum absolute atomic E-state index is 11.7. The maximum Gasteiger partial charge on any atom is 0.215 e. The highest BCUT2D eigenvalue weighted by atomic mass is 16.3. The minimum absolute atomic E-state index is 0.166. The van der Waals surface area contributed by atoms with Crippen LogP contribution in [0.4, 0.5) is 0 Å². The lowest BCUT2D eigenvalue weighted by Crippen LogP contribution is -2.40. The van der Waals surface area contributed by atoms with Crippen molar-refractivity contribution in [3.63, 3.8) is 0 Å². The molecule has 0 aliphatic heterocycles. The molecule has 0 aromatic carbocycles. The summed E-state index contributed by atoms with van der Waals surface area (Å²) in [5.74, 6) is -0.166. The topological polar surface area (TPSA) is 39.3 Å². The third kappa shape index (κ3) is 2.83. The molecule has 0 unspecified atom stereocenters. The zero-order valence-corrected chi connectivity index (χ0v) is 9.11. The summed E-state index contributed by atoms with van der Waals surface area (Å²) in [6, 6.07) is 5.50. The number of hydrogen-bond donors (Lipinski definition) is 0. The summed E-state index contributed by atoms with van der Waals surface area (Å²) in [7, 11) is 1.84. The minimum Gasteiger partial charge on any atom is -0.854 e. The molecule has 0 aliphatic rings. The first-order valence-corrected chi connectivity index (χ1v) is 4.62. The number of aliphatic imine (C=N–C) groups is 1. The van der Waals surface area contributed by atoms with E-state index in [0.717, 1.165) is 0 Å². The summed E-state index contributed by atoms with van der Waals surface area (Å²) in [5, 5.41) is 11.7. The van der Waals surface area contributed by atoms with Gasteiger partial charge in [0.15, 0.2) is 6.20 Å². The molecule has 0 aliphatic carbocycles. The molecular formula is C11H16N2O. The number of aromatic nitrogens is 1. The smallest absolute Gasteiger partial charge is 0.215 e. The van der Waals surface area contributed by atoms with Crippen LogP contribution in [0.3, 0.4) is 0 Å². The van der Waals surface area contributed by atoms with E-state index >= 15 is 0 Å². The first-order valence-electron chi connectivity index (χ1n) is 4.62. The van der Waals surface area contributed by atoms with Crippen molar-refractivity contribution in [2.45, 2.75) is 26.3 Å². The van der Waals surface area contributed by atoms with Gasteiger partial charge in [-0.2, -0.15) is 0 Å². The standard InChI is InChI=1S/C11H16N2O/c1-11(2,3)12-10(14)9-7-5-6-8-13(9)4/h5-8H,1-4H3. The van der Waals surface area contributed by atoms with Crippen LogP contribution in [0.25, 0.3) is 0 Å². The zero-order valence-electron chi connectivity index (χ0n) is 9.11. The molecule has 3 nitrogen and oxygen atoms in total. The van der Waals surface area contributed by atoms with Crippen molar-refractivity contribution in [2.24, 2.45) is 12.0 Å². The molecule has 0 amide bonds. The van der Waals surface area contributed by atoms with Crippen molar-refractivity contribution in [3.05, 3.63) is 30.1 Å². The average Bonchev–Trinajstić information content (AvgIpc) is 2.01. The predicted octanol–water partition coefficient (Wildman–Crippen LogP) is 0.416. The molecule has 3 heteroatoms. The molecule has 0 bridgehead atoms. The Bertz CT molecular complexity index is 351. The zero-order chi connectivity index (χ0) is 10.8. The highest BCUT2D eigenvalue weighted by molar-refractivity contribution is 5.87. The number of pyridine rings is 1. The minimum atomic E-state index is -0.320. The summed E-state index contributed by atoms with van der Waals surface area (Å²) >= 11 is 0. The molecule has 0 radical (unpaired) electrons. The third-order valence-corrected chi connectivity index (χ3v) is 1.71. The van der Waals surface area contributed by atoms with Gasteiger partial charge in [0.2, 0.25) is 5.69 Å². The Morgan fingerprint density at radius 3 is 2.50 bits per heavy atom. The largest absolute Gasteiger partial charge is 0.854 e. The van der Waals surface area contributed by atoms with Crippen molar-refractivity contribution >= 4 is 5.90 Å². The molecule has 1 aromatic heterocycles. The van der Waals surface area contributed by atoms with Gasteiger partial charge in [-0.25, -0.2) is 4.57 Å². The molecule has 0 N–H and O–H groups in total. The molecule has 76 valence electrons. The van der Waals surface area contributed by atoms with Crippen LogP contribution >= 0.6 is 0 Å². The molecular weight excluding hydrogens is 176 g/mol. The summed E-state index contributed by atoms with van der Waals surface area (Å²) in [4.78, 5) is 4.08. The Morgan fingerprint density at radius 2 is 2.00 bits per heavy atom. The molecule has 0 saturated heterocycles. The monoisotopic (exact) mass is 192 g/mol. The van der Waals surface area contributed by atoms with E-state index < -0.39 is 0 Å². The van der Waals surface area contributed by atoms with Crippen LogP contribution in [0.5, 0.6) is 0 Å². The SMILES string of the molecule is C[n+]1ccccc1C([O-])=NC(C)(C)C. The molecule has 1 rings (SSSR count). The second kappa shape index (κ2) is 3.78. The van der Waals surface area contributed by atoms with Crippen LogP contribution in [0.1, 0.15) is 26.5 Å². The van der Waals surface area contributed by atoms with Crippen LogP contribution in [0.2, 0.25) is 0 Å². The van der Waals surface area contributed by atoms with Gasteiger partial charge >= 0.3 is 0 Å². The van der Waals surface area contributed by atoms with E-state index in [1.807, 2.05) is 46.1 Å². The average molecular weight is 192 g/mol. The van der Waals surface area contributed by atoms with Crippen molar-refractivity contribution < 1.29 is 9.67 Å². The Balaban J connectivity index is 3.07. The lowest BCUT2D eigenvalue weighted by Gasteiger charge is -2.17. The predicted molar refractivity (Wildman–Crippen MR) is 53.9 cm³/mol. The van der Waals surface area contributed by atoms with E-state index in [1.165, 1.54) is 0 Å². The fourth-order valence-electron chi connectivity index (χ4n) is 1.11. The van der Waals surface area contributed by atoms with Crippen molar-refractivity contribution in [1.82, 2.24) is 0 Å². The molecule has 1 aromatic rings. The van der Waals surface area contributed by atoms with E-state index in [-0.39, 0.29) is 11.4 Å². The number of nitrogens with zero attached hydrogens (tertiary/aromatic N) is 2. The Labute approximate surface area is 84.7 Å². The molecule has 14 heavy (non-hydrogen) atoms.